The Bertz CT molecular complexity index is 462. The molecule has 1 fully saturated rings. The molecule has 0 bridgehead atoms. The zero-order chi connectivity index (χ0) is 13.5. The molecule has 1 aliphatic rings. The minimum Gasteiger partial charge on any atom is -0.386 e. The first-order valence-corrected chi connectivity index (χ1v) is 5.79. The van der Waals surface area contributed by atoms with Gasteiger partial charge in [0.2, 0.25) is 0 Å². The van der Waals surface area contributed by atoms with Crippen LogP contribution >= 0.6 is 0 Å². The Morgan fingerprint density at radius 1 is 1.28 bits per heavy atom. The highest BCUT2D eigenvalue weighted by Crippen LogP contribution is 2.29. The molecule has 1 amide bonds. The lowest BCUT2D eigenvalue weighted by atomic mass is 9.82. The van der Waals surface area contributed by atoms with E-state index in [0.29, 0.717) is 0 Å². The molecule has 0 spiro atoms. The van der Waals surface area contributed by atoms with Gasteiger partial charge in [0.15, 0.2) is 0 Å². The highest BCUT2D eigenvalue weighted by atomic mass is 19.1. The number of rotatable bonds is 2. The van der Waals surface area contributed by atoms with Gasteiger partial charge in [-0.1, -0.05) is 13.8 Å². The fourth-order valence-electron chi connectivity index (χ4n) is 1.98. The summed E-state index contributed by atoms with van der Waals surface area (Å²) in [5, 5.41) is 10.0. The van der Waals surface area contributed by atoms with E-state index in [1.165, 1.54) is 4.90 Å². The van der Waals surface area contributed by atoms with Crippen molar-refractivity contribution in [3.63, 3.8) is 0 Å². The summed E-state index contributed by atoms with van der Waals surface area (Å²) in [6.07, 6.45) is 0. The SMILES string of the molecule is CC(C)C1(O)CN(C(=O)c2cc(F)cc(F)c2)C1. The van der Waals surface area contributed by atoms with Crippen molar-refractivity contribution in [2.45, 2.75) is 19.4 Å². The van der Waals surface area contributed by atoms with E-state index >= 15 is 0 Å². The summed E-state index contributed by atoms with van der Waals surface area (Å²) in [6.45, 7) is 4.12. The topological polar surface area (TPSA) is 40.5 Å². The Morgan fingerprint density at radius 2 is 1.78 bits per heavy atom. The zero-order valence-electron chi connectivity index (χ0n) is 10.3. The van der Waals surface area contributed by atoms with Crippen LogP contribution in [-0.2, 0) is 0 Å². The molecule has 1 N–H and O–H groups in total. The maximum Gasteiger partial charge on any atom is 0.254 e. The van der Waals surface area contributed by atoms with Gasteiger partial charge in [0, 0.05) is 11.6 Å². The highest BCUT2D eigenvalue weighted by Gasteiger charge is 2.45. The van der Waals surface area contributed by atoms with Crippen LogP contribution in [-0.4, -0.2) is 34.6 Å². The molecular formula is C13H15F2NO2. The minimum absolute atomic E-state index is 0.0293. The van der Waals surface area contributed by atoms with Gasteiger partial charge in [-0.25, -0.2) is 8.78 Å². The van der Waals surface area contributed by atoms with Gasteiger partial charge in [0.25, 0.3) is 5.91 Å². The summed E-state index contributed by atoms with van der Waals surface area (Å²) in [7, 11) is 0. The molecule has 1 heterocycles. The van der Waals surface area contributed by atoms with Crippen LogP contribution in [0.3, 0.4) is 0 Å². The molecule has 0 unspecified atom stereocenters. The molecule has 0 radical (unpaired) electrons. The van der Waals surface area contributed by atoms with Crippen LogP contribution in [0, 0.1) is 17.6 Å². The van der Waals surface area contributed by atoms with Gasteiger partial charge < -0.3 is 10.0 Å². The van der Waals surface area contributed by atoms with Crippen LogP contribution in [0.25, 0.3) is 0 Å². The Balaban J connectivity index is 2.10. The number of carbonyl (C=O) groups excluding carboxylic acids is 1. The van der Waals surface area contributed by atoms with Crippen molar-refractivity contribution < 1.29 is 18.7 Å². The molecule has 1 aliphatic heterocycles. The van der Waals surface area contributed by atoms with Gasteiger partial charge >= 0.3 is 0 Å². The monoisotopic (exact) mass is 255 g/mol. The van der Waals surface area contributed by atoms with Crippen LogP contribution in [0.1, 0.15) is 24.2 Å². The third-order valence-corrected chi connectivity index (χ3v) is 3.40. The number of hydrogen-bond acceptors (Lipinski definition) is 2. The Morgan fingerprint density at radius 3 is 2.22 bits per heavy atom. The second-order valence-corrected chi connectivity index (χ2v) is 5.08. The predicted molar refractivity (Wildman–Crippen MR) is 62.0 cm³/mol. The van der Waals surface area contributed by atoms with Crippen LogP contribution in [0.2, 0.25) is 0 Å². The lowest BCUT2D eigenvalue weighted by molar-refractivity contribution is -0.110. The fraction of sp³-hybridized carbons (Fsp3) is 0.462. The van der Waals surface area contributed by atoms with E-state index in [9.17, 15) is 18.7 Å². The van der Waals surface area contributed by atoms with E-state index in [1.807, 2.05) is 13.8 Å². The zero-order valence-corrected chi connectivity index (χ0v) is 10.3. The highest BCUT2D eigenvalue weighted by molar-refractivity contribution is 5.95. The maximum absolute atomic E-state index is 13.0. The van der Waals surface area contributed by atoms with Crippen LogP contribution < -0.4 is 0 Å². The van der Waals surface area contributed by atoms with Crippen LogP contribution in [0.15, 0.2) is 18.2 Å². The number of benzene rings is 1. The third kappa shape index (κ3) is 2.22. The van der Waals surface area contributed by atoms with Gasteiger partial charge in [-0.3, -0.25) is 4.79 Å². The molecule has 2 rings (SSSR count). The van der Waals surface area contributed by atoms with Crippen molar-refractivity contribution in [2.24, 2.45) is 5.92 Å². The number of aliphatic hydroxyl groups is 1. The number of likely N-dealkylation sites (tertiary alicyclic amines) is 1. The number of amides is 1. The average Bonchev–Trinajstić information content (AvgIpc) is 2.22. The first-order valence-electron chi connectivity index (χ1n) is 5.79. The van der Waals surface area contributed by atoms with Gasteiger partial charge in [0.1, 0.15) is 17.2 Å². The second kappa shape index (κ2) is 4.31. The summed E-state index contributed by atoms with van der Waals surface area (Å²) in [5.74, 6) is -1.99. The van der Waals surface area contributed by atoms with E-state index in [2.05, 4.69) is 0 Å². The van der Waals surface area contributed by atoms with Crippen molar-refractivity contribution >= 4 is 5.91 Å². The van der Waals surface area contributed by atoms with E-state index in [-0.39, 0.29) is 24.6 Å². The number of hydrogen-bond donors (Lipinski definition) is 1. The van der Waals surface area contributed by atoms with Crippen molar-refractivity contribution in [1.82, 2.24) is 4.90 Å². The molecule has 18 heavy (non-hydrogen) atoms. The number of nitrogens with zero attached hydrogens (tertiary/aromatic N) is 1. The Labute approximate surface area is 104 Å². The minimum atomic E-state index is -0.887. The molecule has 0 atom stereocenters. The van der Waals surface area contributed by atoms with Gasteiger partial charge in [-0.2, -0.15) is 0 Å². The van der Waals surface area contributed by atoms with Gasteiger partial charge in [0.05, 0.1) is 13.1 Å². The summed E-state index contributed by atoms with van der Waals surface area (Å²) < 4.78 is 26.0. The van der Waals surface area contributed by atoms with Gasteiger partial charge in [-0.05, 0) is 18.1 Å². The van der Waals surface area contributed by atoms with E-state index in [4.69, 9.17) is 0 Å². The maximum atomic E-state index is 13.0. The lowest BCUT2D eigenvalue weighted by Crippen LogP contribution is -2.65. The molecular weight excluding hydrogens is 240 g/mol. The molecule has 1 aromatic carbocycles. The molecule has 1 saturated heterocycles. The quantitative estimate of drug-likeness (QED) is 0.875. The number of halogens is 2. The summed E-state index contributed by atoms with van der Waals surface area (Å²) in [4.78, 5) is 13.3. The Kier molecular flexibility index (Phi) is 3.11. The lowest BCUT2D eigenvalue weighted by Gasteiger charge is -2.49. The first-order chi connectivity index (χ1) is 8.32. The summed E-state index contributed by atoms with van der Waals surface area (Å²) in [6, 6.07) is 2.72. The van der Waals surface area contributed by atoms with E-state index in [1.54, 1.807) is 0 Å². The Hall–Kier alpha value is -1.49. The first kappa shape index (κ1) is 13.0. The molecule has 98 valence electrons. The number of β-amino-alcohol motifs (C(OH)–C–C–N with tert-alkyl or cyclic N) is 1. The molecule has 0 saturated carbocycles. The molecule has 0 aromatic heterocycles. The van der Waals surface area contributed by atoms with E-state index in [0.717, 1.165) is 18.2 Å². The second-order valence-electron chi connectivity index (χ2n) is 5.08. The molecule has 3 nitrogen and oxygen atoms in total. The van der Waals surface area contributed by atoms with Crippen molar-refractivity contribution in [3.05, 3.63) is 35.4 Å². The standard InChI is InChI=1S/C13H15F2NO2/c1-8(2)13(18)6-16(7-13)12(17)9-3-10(14)5-11(15)4-9/h3-5,8,18H,6-7H2,1-2H3. The van der Waals surface area contributed by atoms with Gasteiger partial charge in [-0.15, -0.1) is 0 Å². The van der Waals surface area contributed by atoms with Crippen molar-refractivity contribution in [2.75, 3.05) is 13.1 Å². The van der Waals surface area contributed by atoms with Crippen LogP contribution in [0.5, 0.6) is 0 Å². The largest absolute Gasteiger partial charge is 0.386 e. The molecule has 0 aliphatic carbocycles. The fourth-order valence-corrected chi connectivity index (χ4v) is 1.98. The normalized spacial score (nSPS) is 17.8. The molecule has 5 heteroatoms. The van der Waals surface area contributed by atoms with Crippen LogP contribution in [0.4, 0.5) is 8.78 Å². The predicted octanol–water partition coefficient (Wildman–Crippen LogP) is 1.81. The smallest absolute Gasteiger partial charge is 0.254 e. The third-order valence-electron chi connectivity index (χ3n) is 3.40. The summed E-state index contributed by atoms with van der Waals surface area (Å²) in [5.41, 5.74) is -0.917. The molecule has 1 aromatic rings. The van der Waals surface area contributed by atoms with Crippen molar-refractivity contribution in [1.29, 1.82) is 0 Å². The number of carbonyl (C=O) groups is 1. The van der Waals surface area contributed by atoms with Crippen molar-refractivity contribution in [3.8, 4) is 0 Å². The summed E-state index contributed by atoms with van der Waals surface area (Å²) >= 11 is 0. The average molecular weight is 255 g/mol. The van der Waals surface area contributed by atoms with E-state index < -0.39 is 23.1 Å².